The summed E-state index contributed by atoms with van der Waals surface area (Å²) in [4.78, 5) is 18.1. The van der Waals surface area contributed by atoms with Crippen LogP contribution in [0.25, 0.3) is 0 Å². The van der Waals surface area contributed by atoms with E-state index in [9.17, 15) is 10.1 Å². The third-order valence-electron chi connectivity index (χ3n) is 2.53. The van der Waals surface area contributed by atoms with Gasteiger partial charge in [0.15, 0.2) is 0 Å². The van der Waals surface area contributed by atoms with Crippen LogP contribution in [-0.4, -0.2) is 34.1 Å². The largest absolute Gasteiger partial charge is 0.379 e. The monoisotopic (exact) mass is 239 g/mol. The number of hydrogen-bond acceptors (Lipinski definition) is 7. The van der Waals surface area contributed by atoms with Crippen LogP contribution in [0.2, 0.25) is 0 Å². The lowest BCUT2D eigenvalue weighted by atomic mass is 10.2. The molecular weight excluding hydrogens is 226 g/mol. The van der Waals surface area contributed by atoms with Crippen LogP contribution in [0.3, 0.4) is 0 Å². The molecule has 0 spiro atoms. The summed E-state index contributed by atoms with van der Waals surface area (Å²) in [7, 11) is 0. The molecule has 1 fully saturated rings. The second-order valence-electron chi connectivity index (χ2n) is 3.83. The fraction of sp³-hybridized carbons (Fsp3) is 0.556. The van der Waals surface area contributed by atoms with Gasteiger partial charge in [0, 0.05) is 6.61 Å². The predicted octanol–water partition coefficient (Wildman–Crippen LogP) is 0.476. The van der Waals surface area contributed by atoms with Crippen LogP contribution in [0.15, 0.2) is 0 Å². The molecule has 0 amide bonds. The zero-order valence-corrected chi connectivity index (χ0v) is 9.34. The Labute approximate surface area is 97.3 Å². The van der Waals surface area contributed by atoms with Gasteiger partial charge in [-0.3, -0.25) is 10.1 Å². The minimum absolute atomic E-state index is 0.0227. The molecule has 1 saturated heterocycles. The van der Waals surface area contributed by atoms with E-state index in [-0.39, 0.29) is 29.2 Å². The third kappa shape index (κ3) is 2.41. The van der Waals surface area contributed by atoms with Gasteiger partial charge in [0.1, 0.15) is 5.69 Å². The van der Waals surface area contributed by atoms with E-state index in [1.807, 2.05) is 0 Å². The maximum Gasteiger partial charge on any atom is 0.332 e. The maximum atomic E-state index is 10.9. The quantitative estimate of drug-likeness (QED) is 0.581. The van der Waals surface area contributed by atoms with Crippen molar-refractivity contribution in [3.8, 4) is 0 Å². The molecule has 3 N–H and O–H groups in total. The van der Waals surface area contributed by atoms with Gasteiger partial charge in [-0.15, -0.1) is 0 Å². The van der Waals surface area contributed by atoms with Gasteiger partial charge >= 0.3 is 5.69 Å². The Kier molecular flexibility index (Phi) is 3.05. The zero-order valence-electron chi connectivity index (χ0n) is 9.34. The Bertz CT molecular complexity index is 445. The van der Waals surface area contributed by atoms with E-state index in [4.69, 9.17) is 10.5 Å². The molecular formula is C9H13N5O3. The number of aryl methyl sites for hydroxylation is 1. The Morgan fingerprint density at radius 1 is 1.59 bits per heavy atom. The first kappa shape index (κ1) is 11.5. The van der Waals surface area contributed by atoms with E-state index in [0.29, 0.717) is 13.2 Å². The number of aromatic nitrogens is 2. The normalized spacial score (nSPS) is 19.2. The molecule has 1 aromatic heterocycles. The Morgan fingerprint density at radius 2 is 2.35 bits per heavy atom. The van der Waals surface area contributed by atoms with E-state index in [2.05, 4.69) is 15.3 Å². The molecule has 8 heteroatoms. The first-order valence-electron chi connectivity index (χ1n) is 5.20. The number of ether oxygens (including phenoxy) is 1. The zero-order chi connectivity index (χ0) is 12.4. The van der Waals surface area contributed by atoms with Gasteiger partial charge in [0.2, 0.25) is 11.8 Å². The van der Waals surface area contributed by atoms with Crippen LogP contribution >= 0.6 is 0 Å². The number of nitrogen functional groups attached to an aromatic ring is 1. The lowest BCUT2D eigenvalue weighted by molar-refractivity contribution is -0.385. The maximum absolute atomic E-state index is 10.9. The molecule has 0 radical (unpaired) electrons. The summed E-state index contributed by atoms with van der Waals surface area (Å²) in [6.45, 7) is 2.69. The van der Waals surface area contributed by atoms with Crippen LogP contribution < -0.4 is 11.1 Å². The van der Waals surface area contributed by atoms with Crippen LogP contribution in [-0.2, 0) is 4.74 Å². The minimum atomic E-state index is -0.507. The smallest absolute Gasteiger partial charge is 0.332 e. The average molecular weight is 239 g/mol. The van der Waals surface area contributed by atoms with Gasteiger partial charge in [-0.05, 0) is 13.3 Å². The van der Waals surface area contributed by atoms with Crippen molar-refractivity contribution in [1.82, 2.24) is 9.97 Å². The minimum Gasteiger partial charge on any atom is -0.379 e. The van der Waals surface area contributed by atoms with Crippen molar-refractivity contribution in [3.63, 3.8) is 0 Å². The van der Waals surface area contributed by atoms with E-state index >= 15 is 0 Å². The molecule has 1 aliphatic heterocycles. The summed E-state index contributed by atoms with van der Waals surface area (Å²) in [6.07, 6.45) is 0.792. The van der Waals surface area contributed by atoms with Gasteiger partial charge in [-0.2, -0.15) is 4.98 Å². The van der Waals surface area contributed by atoms with Crippen molar-refractivity contribution in [3.05, 3.63) is 15.8 Å². The molecule has 2 rings (SSSR count). The number of rotatable bonds is 3. The van der Waals surface area contributed by atoms with E-state index in [1.54, 1.807) is 0 Å². The predicted molar refractivity (Wildman–Crippen MR) is 60.7 cm³/mol. The molecule has 8 nitrogen and oxygen atoms in total. The van der Waals surface area contributed by atoms with Crippen molar-refractivity contribution in [2.24, 2.45) is 0 Å². The lowest BCUT2D eigenvalue weighted by Gasteiger charge is -2.12. The molecule has 2 heterocycles. The van der Waals surface area contributed by atoms with Gasteiger partial charge < -0.3 is 15.8 Å². The molecule has 17 heavy (non-hydrogen) atoms. The number of anilines is 2. The second kappa shape index (κ2) is 4.50. The molecule has 1 atom stereocenters. The lowest BCUT2D eigenvalue weighted by Crippen LogP contribution is -2.21. The first-order valence-corrected chi connectivity index (χ1v) is 5.20. The molecule has 1 aliphatic rings. The first-order chi connectivity index (χ1) is 8.08. The van der Waals surface area contributed by atoms with Gasteiger partial charge in [-0.1, -0.05) is 0 Å². The second-order valence-corrected chi connectivity index (χ2v) is 3.83. The van der Waals surface area contributed by atoms with Crippen molar-refractivity contribution in [1.29, 1.82) is 0 Å². The fourth-order valence-electron chi connectivity index (χ4n) is 1.75. The van der Waals surface area contributed by atoms with Crippen molar-refractivity contribution < 1.29 is 9.66 Å². The summed E-state index contributed by atoms with van der Waals surface area (Å²) >= 11 is 0. The molecule has 1 aromatic rings. The topological polar surface area (TPSA) is 116 Å². The number of nitrogens with one attached hydrogen (secondary N) is 1. The highest BCUT2D eigenvalue weighted by Gasteiger charge is 2.25. The molecule has 0 aliphatic carbocycles. The number of nitro groups is 1. The van der Waals surface area contributed by atoms with Crippen LogP contribution in [0.5, 0.6) is 0 Å². The summed E-state index contributed by atoms with van der Waals surface area (Å²) in [6, 6.07) is 0.0300. The van der Waals surface area contributed by atoms with Gasteiger partial charge in [0.25, 0.3) is 0 Å². The van der Waals surface area contributed by atoms with Crippen molar-refractivity contribution >= 4 is 17.5 Å². The Hall–Kier alpha value is -1.96. The van der Waals surface area contributed by atoms with Crippen LogP contribution in [0.1, 0.15) is 12.1 Å². The molecule has 1 unspecified atom stereocenters. The Morgan fingerprint density at radius 3 is 2.94 bits per heavy atom. The highest BCUT2D eigenvalue weighted by molar-refractivity contribution is 5.60. The van der Waals surface area contributed by atoms with Gasteiger partial charge in [0.05, 0.1) is 17.6 Å². The highest BCUT2D eigenvalue weighted by atomic mass is 16.6. The number of nitrogens with zero attached hydrogens (tertiary/aromatic N) is 3. The standard InChI is InChI=1S/C9H13N5O3/c1-5-7(14(15)16)8(13-9(10)11-5)12-6-2-3-17-4-6/h6H,2-4H2,1H3,(H3,10,11,12,13). The molecule has 0 aromatic carbocycles. The number of hydrogen-bond donors (Lipinski definition) is 2. The highest BCUT2D eigenvalue weighted by Crippen LogP contribution is 2.27. The van der Waals surface area contributed by atoms with E-state index in [0.717, 1.165) is 6.42 Å². The molecule has 0 saturated carbocycles. The van der Waals surface area contributed by atoms with Crippen molar-refractivity contribution in [2.45, 2.75) is 19.4 Å². The Balaban J connectivity index is 2.32. The summed E-state index contributed by atoms with van der Waals surface area (Å²) in [5, 5.41) is 13.9. The van der Waals surface area contributed by atoms with Crippen LogP contribution in [0, 0.1) is 17.0 Å². The van der Waals surface area contributed by atoms with Crippen LogP contribution in [0.4, 0.5) is 17.5 Å². The summed E-state index contributed by atoms with van der Waals surface area (Å²) in [5.74, 6) is 0.185. The molecule has 92 valence electrons. The SMILES string of the molecule is Cc1nc(N)nc(NC2CCOC2)c1[N+](=O)[O-]. The molecule has 0 bridgehead atoms. The van der Waals surface area contributed by atoms with E-state index in [1.165, 1.54) is 6.92 Å². The van der Waals surface area contributed by atoms with Gasteiger partial charge in [-0.25, -0.2) is 4.98 Å². The third-order valence-corrected chi connectivity index (χ3v) is 2.53. The average Bonchev–Trinajstić information content (AvgIpc) is 2.68. The van der Waals surface area contributed by atoms with E-state index < -0.39 is 4.92 Å². The van der Waals surface area contributed by atoms with Crippen molar-refractivity contribution in [2.75, 3.05) is 24.3 Å². The summed E-state index contributed by atoms with van der Waals surface area (Å²) in [5.41, 5.74) is 5.61. The summed E-state index contributed by atoms with van der Waals surface area (Å²) < 4.78 is 5.18. The fourth-order valence-corrected chi connectivity index (χ4v) is 1.75. The number of nitrogens with two attached hydrogens (primary N) is 1.